The molecule has 2 heterocycles. The molecule has 0 N–H and O–H groups in total. The van der Waals surface area contributed by atoms with Gasteiger partial charge in [0, 0.05) is 19.6 Å². The van der Waals surface area contributed by atoms with Crippen LogP contribution in [0.1, 0.15) is 42.7 Å². The summed E-state index contributed by atoms with van der Waals surface area (Å²) in [5, 5.41) is 0. The number of hydrogen-bond donors (Lipinski definition) is 0. The fourth-order valence-electron chi connectivity index (χ4n) is 4.22. The van der Waals surface area contributed by atoms with Gasteiger partial charge in [0.25, 0.3) is 5.91 Å². The second kappa shape index (κ2) is 11.4. The average molecular weight is 474 g/mol. The number of carbonyl (C=O) groups is 1. The number of ether oxygens (including phenoxy) is 1. The highest BCUT2D eigenvalue weighted by atomic mass is 16.5. The van der Waals surface area contributed by atoms with E-state index in [-0.39, 0.29) is 12.0 Å². The van der Waals surface area contributed by atoms with Gasteiger partial charge in [-0.3, -0.25) is 4.79 Å². The molecular formula is C29H35N3O3. The summed E-state index contributed by atoms with van der Waals surface area (Å²) in [4.78, 5) is 22.7. The van der Waals surface area contributed by atoms with Crippen molar-refractivity contribution in [1.82, 2.24) is 4.90 Å². The minimum Gasteiger partial charge on any atom is -0.467 e. The molecule has 6 heteroatoms. The van der Waals surface area contributed by atoms with E-state index < -0.39 is 6.04 Å². The summed E-state index contributed by atoms with van der Waals surface area (Å²) >= 11 is 0. The highest BCUT2D eigenvalue weighted by Gasteiger charge is 2.38. The van der Waals surface area contributed by atoms with Crippen molar-refractivity contribution in [2.24, 2.45) is 4.99 Å². The Morgan fingerprint density at radius 1 is 1.06 bits per heavy atom. The first-order valence-electron chi connectivity index (χ1n) is 12.3. The molecule has 0 aliphatic carbocycles. The Labute approximate surface area is 208 Å². The van der Waals surface area contributed by atoms with Gasteiger partial charge < -0.3 is 14.1 Å². The van der Waals surface area contributed by atoms with E-state index in [1.165, 1.54) is 5.56 Å². The van der Waals surface area contributed by atoms with E-state index in [0.717, 1.165) is 29.0 Å². The monoisotopic (exact) mass is 473 g/mol. The maximum Gasteiger partial charge on any atom is 0.259 e. The zero-order chi connectivity index (χ0) is 24.8. The van der Waals surface area contributed by atoms with Crippen molar-refractivity contribution in [3.05, 3.63) is 89.4 Å². The maximum atomic E-state index is 13.8. The Balaban J connectivity index is 1.67. The SMILES string of the molecule is Cc1ccc(N2C(=O)C(Cc3ccccc3)N=C2N(CCCOC(C)C)Cc2ccco2)cc1C. The summed E-state index contributed by atoms with van der Waals surface area (Å²) in [5.41, 5.74) is 4.27. The molecule has 1 amide bonds. The normalized spacial score (nSPS) is 15.7. The zero-order valence-corrected chi connectivity index (χ0v) is 21.1. The quantitative estimate of drug-likeness (QED) is 0.364. The summed E-state index contributed by atoms with van der Waals surface area (Å²) in [6.45, 7) is 10.1. The standard InChI is InChI=1S/C29H35N3O3/c1-21(2)34-17-9-15-31(20-26-12-8-16-35-26)29-30-27(19-24-10-6-5-7-11-24)28(33)32(29)25-14-13-22(3)23(4)18-25/h5-8,10-14,16,18,21,27H,9,15,17,19-20H2,1-4H3. The summed E-state index contributed by atoms with van der Waals surface area (Å²) < 4.78 is 11.4. The van der Waals surface area contributed by atoms with Crippen LogP contribution in [0.3, 0.4) is 0 Å². The van der Waals surface area contributed by atoms with Gasteiger partial charge in [-0.05, 0) is 75.1 Å². The topological polar surface area (TPSA) is 58.3 Å². The van der Waals surface area contributed by atoms with Crippen molar-refractivity contribution in [1.29, 1.82) is 0 Å². The van der Waals surface area contributed by atoms with Crippen LogP contribution in [0.4, 0.5) is 5.69 Å². The van der Waals surface area contributed by atoms with Crippen molar-refractivity contribution >= 4 is 17.6 Å². The van der Waals surface area contributed by atoms with Gasteiger partial charge in [-0.15, -0.1) is 0 Å². The van der Waals surface area contributed by atoms with E-state index >= 15 is 0 Å². The number of rotatable bonds is 10. The molecule has 1 aliphatic rings. The van der Waals surface area contributed by atoms with Crippen LogP contribution in [0.5, 0.6) is 0 Å². The number of carbonyl (C=O) groups excluding carboxylic acids is 1. The predicted octanol–water partition coefficient (Wildman–Crippen LogP) is 5.53. The van der Waals surface area contributed by atoms with E-state index in [0.29, 0.717) is 32.1 Å². The average Bonchev–Trinajstić information content (AvgIpc) is 3.46. The number of furan rings is 1. The number of hydrogen-bond acceptors (Lipinski definition) is 5. The van der Waals surface area contributed by atoms with Gasteiger partial charge in [-0.1, -0.05) is 36.4 Å². The zero-order valence-electron chi connectivity index (χ0n) is 21.1. The number of amides is 1. The largest absolute Gasteiger partial charge is 0.467 e. The smallest absolute Gasteiger partial charge is 0.259 e. The maximum absolute atomic E-state index is 13.8. The Morgan fingerprint density at radius 2 is 1.86 bits per heavy atom. The first-order valence-corrected chi connectivity index (χ1v) is 12.3. The van der Waals surface area contributed by atoms with Crippen LogP contribution in [0.15, 0.2) is 76.3 Å². The fourth-order valence-corrected chi connectivity index (χ4v) is 4.22. The van der Waals surface area contributed by atoms with Gasteiger partial charge in [-0.2, -0.15) is 0 Å². The van der Waals surface area contributed by atoms with Gasteiger partial charge in [0.1, 0.15) is 11.8 Å². The number of benzene rings is 2. The third-order valence-electron chi connectivity index (χ3n) is 6.23. The molecule has 0 saturated carbocycles. The Morgan fingerprint density at radius 3 is 2.54 bits per heavy atom. The number of aliphatic imine (C=N–C) groups is 1. The van der Waals surface area contributed by atoms with E-state index in [1.54, 1.807) is 11.2 Å². The molecule has 0 spiro atoms. The van der Waals surface area contributed by atoms with Gasteiger partial charge >= 0.3 is 0 Å². The molecule has 1 aliphatic heterocycles. The van der Waals surface area contributed by atoms with Gasteiger partial charge in [0.15, 0.2) is 0 Å². The molecule has 6 nitrogen and oxygen atoms in total. The van der Waals surface area contributed by atoms with Crippen molar-refractivity contribution < 1.29 is 13.9 Å². The van der Waals surface area contributed by atoms with Crippen molar-refractivity contribution in [2.45, 2.75) is 59.2 Å². The van der Waals surface area contributed by atoms with Gasteiger partial charge in [-0.25, -0.2) is 9.89 Å². The predicted molar refractivity (Wildman–Crippen MR) is 140 cm³/mol. The third kappa shape index (κ3) is 6.20. The fraction of sp³-hybridized carbons (Fsp3) is 0.379. The lowest BCUT2D eigenvalue weighted by atomic mass is 10.1. The van der Waals surface area contributed by atoms with E-state index in [4.69, 9.17) is 14.1 Å². The first-order chi connectivity index (χ1) is 16.9. The Hall–Kier alpha value is -3.38. The second-order valence-electron chi connectivity index (χ2n) is 9.35. The molecule has 35 heavy (non-hydrogen) atoms. The molecule has 1 unspecified atom stereocenters. The Bertz CT molecular complexity index is 1140. The van der Waals surface area contributed by atoms with Crippen LogP contribution in [-0.2, 0) is 22.5 Å². The minimum atomic E-state index is -0.472. The minimum absolute atomic E-state index is 0.00465. The molecule has 0 fully saturated rings. The molecule has 0 saturated heterocycles. The molecule has 184 valence electrons. The third-order valence-corrected chi connectivity index (χ3v) is 6.23. The van der Waals surface area contributed by atoms with Gasteiger partial charge in [0.05, 0.1) is 24.6 Å². The second-order valence-corrected chi connectivity index (χ2v) is 9.35. The molecule has 0 radical (unpaired) electrons. The molecule has 1 aromatic heterocycles. The number of anilines is 1. The molecule has 4 rings (SSSR count). The van der Waals surface area contributed by atoms with Crippen LogP contribution in [0, 0.1) is 13.8 Å². The number of nitrogens with zero attached hydrogens (tertiary/aromatic N) is 3. The van der Waals surface area contributed by atoms with Crippen molar-refractivity contribution in [2.75, 3.05) is 18.1 Å². The van der Waals surface area contributed by atoms with Crippen LogP contribution in [-0.4, -0.2) is 42.1 Å². The van der Waals surface area contributed by atoms with Crippen LogP contribution in [0.25, 0.3) is 0 Å². The molecular weight excluding hydrogens is 438 g/mol. The lowest BCUT2D eigenvalue weighted by molar-refractivity contribution is -0.118. The van der Waals surface area contributed by atoms with Gasteiger partial charge in [0.2, 0.25) is 5.96 Å². The summed E-state index contributed by atoms with van der Waals surface area (Å²) in [6.07, 6.45) is 3.24. The molecule has 1 atom stereocenters. The molecule has 3 aromatic rings. The van der Waals surface area contributed by atoms with Crippen molar-refractivity contribution in [3.8, 4) is 0 Å². The number of aryl methyl sites for hydroxylation is 2. The first kappa shape index (κ1) is 24.7. The highest BCUT2D eigenvalue weighted by Crippen LogP contribution is 2.28. The summed E-state index contributed by atoms with van der Waals surface area (Å²) in [7, 11) is 0. The highest BCUT2D eigenvalue weighted by molar-refractivity contribution is 6.22. The lowest BCUT2D eigenvalue weighted by Gasteiger charge is -2.29. The van der Waals surface area contributed by atoms with E-state index in [1.807, 2.05) is 62.4 Å². The van der Waals surface area contributed by atoms with Crippen LogP contribution in [0.2, 0.25) is 0 Å². The van der Waals surface area contributed by atoms with Crippen molar-refractivity contribution in [3.63, 3.8) is 0 Å². The van der Waals surface area contributed by atoms with E-state index in [2.05, 4.69) is 30.9 Å². The van der Waals surface area contributed by atoms with Crippen LogP contribution >= 0.6 is 0 Å². The summed E-state index contributed by atoms with van der Waals surface area (Å²) in [5.74, 6) is 1.49. The lowest BCUT2D eigenvalue weighted by Crippen LogP contribution is -2.45. The number of guanidine groups is 1. The Kier molecular flexibility index (Phi) is 8.03. The molecule has 2 aromatic carbocycles. The van der Waals surface area contributed by atoms with E-state index in [9.17, 15) is 4.79 Å². The summed E-state index contributed by atoms with van der Waals surface area (Å²) in [6, 6.07) is 19.6. The molecule has 0 bridgehead atoms. The van der Waals surface area contributed by atoms with Crippen LogP contribution < -0.4 is 4.90 Å².